The third-order valence-electron chi connectivity index (χ3n) is 14.2. The molecule has 1 unspecified atom stereocenters. The number of anilines is 3. The lowest BCUT2D eigenvalue weighted by Crippen LogP contribution is -2.29. The summed E-state index contributed by atoms with van der Waals surface area (Å²) in [5.41, 5.74) is 21.1. The van der Waals surface area contributed by atoms with Crippen LogP contribution in [-0.4, -0.2) is 0 Å². The summed E-state index contributed by atoms with van der Waals surface area (Å²) >= 11 is 0. The molecule has 0 bridgehead atoms. The maximum absolute atomic E-state index is 6.66. The Labute approximate surface area is 402 Å². The molecule has 0 aliphatic heterocycles. The van der Waals surface area contributed by atoms with Gasteiger partial charge < -0.3 is 9.32 Å². The third kappa shape index (κ3) is 6.64. The van der Waals surface area contributed by atoms with Gasteiger partial charge in [0, 0.05) is 27.7 Å². The summed E-state index contributed by atoms with van der Waals surface area (Å²) in [6.07, 6.45) is 0. The van der Waals surface area contributed by atoms with E-state index < -0.39 is 5.41 Å². The van der Waals surface area contributed by atoms with Crippen molar-refractivity contribution in [1.29, 1.82) is 0 Å². The molecule has 0 amide bonds. The van der Waals surface area contributed by atoms with Gasteiger partial charge in [-0.1, -0.05) is 224 Å². The first-order chi connectivity index (χ1) is 34.2. The topological polar surface area (TPSA) is 16.4 Å². The predicted molar refractivity (Wildman–Crippen MR) is 287 cm³/mol. The number of hydrogen-bond acceptors (Lipinski definition) is 2. The molecule has 2 heteroatoms. The molecule has 1 heterocycles. The van der Waals surface area contributed by atoms with Crippen molar-refractivity contribution in [3.8, 4) is 55.6 Å². The van der Waals surface area contributed by atoms with Crippen molar-refractivity contribution in [3.63, 3.8) is 0 Å². The molecule has 11 aromatic carbocycles. The normalized spacial score (nSPS) is 13.9. The highest BCUT2D eigenvalue weighted by Gasteiger charge is 2.46. The SMILES string of the molecule is c1ccc(-c2ccc3c(c2)C(c2ccccc2)(c2cccc(N(c4ccc5oc6cccc(-c7ccccc7)c6c5c4)c4ccccc4-c4ccccc4-c4ccccc4)c2)c2ccccc2-3)cc1. The van der Waals surface area contributed by atoms with Crippen molar-refractivity contribution in [1.82, 2.24) is 0 Å². The van der Waals surface area contributed by atoms with Gasteiger partial charge in [-0.2, -0.15) is 0 Å². The highest BCUT2D eigenvalue weighted by atomic mass is 16.3. The van der Waals surface area contributed by atoms with E-state index in [1.54, 1.807) is 0 Å². The molecule has 1 atom stereocenters. The monoisotopic (exact) mass is 879 g/mol. The van der Waals surface area contributed by atoms with E-state index in [1.807, 2.05) is 0 Å². The second-order valence-electron chi connectivity index (χ2n) is 17.9. The Morgan fingerprint density at radius 2 is 0.841 bits per heavy atom. The van der Waals surface area contributed by atoms with Crippen LogP contribution in [0.3, 0.4) is 0 Å². The van der Waals surface area contributed by atoms with Crippen LogP contribution in [0.1, 0.15) is 22.3 Å². The lowest BCUT2D eigenvalue weighted by molar-refractivity contribution is 0.669. The van der Waals surface area contributed by atoms with Crippen molar-refractivity contribution in [2.24, 2.45) is 0 Å². The van der Waals surface area contributed by atoms with Gasteiger partial charge in [-0.15, -0.1) is 0 Å². The van der Waals surface area contributed by atoms with E-state index in [0.717, 1.165) is 61.3 Å². The lowest BCUT2D eigenvalue weighted by Gasteiger charge is -2.35. The smallest absolute Gasteiger partial charge is 0.136 e. The van der Waals surface area contributed by atoms with Crippen LogP contribution in [0.2, 0.25) is 0 Å². The van der Waals surface area contributed by atoms with E-state index in [2.05, 4.69) is 278 Å². The van der Waals surface area contributed by atoms with E-state index in [-0.39, 0.29) is 0 Å². The summed E-state index contributed by atoms with van der Waals surface area (Å²) in [4.78, 5) is 2.46. The average molecular weight is 880 g/mol. The van der Waals surface area contributed by atoms with Crippen LogP contribution in [0.5, 0.6) is 0 Å². The van der Waals surface area contributed by atoms with Crippen LogP contribution in [0.4, 0.5) is 17.1 Å². The maximum atomic E-state index is 6.66. The molecular formula is C67H45NO. The number of benzene rings is 11. The fraction of sp³-hybridized carbons (Fsp3) is 0.0149. The van der Waals surface area contributed by atoms with Gasteiger partial charge in [-0.05, 0) is 121 Å². The highest BCUT2D eigenvalue weighted by molar-refractivity contribution is 6.13. The Kier molecular flexibility index (Phi) is 9.77. The van der Waals surface area contributed by atoms with Gasteiger partial charge in [0.2, 0.25) is 0 Å². The number of nitrogens with zero attached hydrogens (tertiary/aromatic N) is 1. The van der Waals surface area contributed by atoms with Crippen molar-refractivity contribution < 1.29 is 4.42 Å². The van der Waals surface area contributed by atoms with Gasteiger partial charge >= 0.3 is 0 Å². The van der Waals surface area contributed by atoms with E-state index >= 15 is 0 Å². The van der Waals surface area contributed by atoms with Crippen molar-refractivity contribution in [2.45, 2.75) is 5.41 Å². The highest BCUT2D eigenvalue weighted by Crippen LogP contribution is 2.58. The number of hydrogen-bond donors (Lipinski definition) is 0. The van der Waals surface area contributed by atoms with Crippen molar-refractivity contribution in [2.75, 3.05) is 4.90 Å². The Morgan fingerprint density at radius 1 is 0.290 bits per heavy atom. The fourth-order valence-electron chi connectivity index (χ4n) is 11.2. The summed E-state index contributed by atoms with van der Waals surface area (Å²) in [7, 11) is 0. The lowest BCUT2D eigenvalue weighted by atomic mass is 9.67. The first kappa shape index (κ1) is 40.3. The minimum absolute atomic E-state index is 0.631. The zero-order valence-corrected chi connectivity index (χ0v) is 37.8. The van der Waals surface area contributed by atoms with Gasteiger partial charge in [0.15, 0.2) is 0 Å². The van der Waals surface area contributed by atoms with E-state index in [1.165, 1.54) is 55.6 Å². The molecule has 0 saturated carbocycles. The Bertz CT molecular complexity index is 3840. The van der Waals surface area contributed by atoms with Crippen LogP contribution < -0.4 is 4.90 Å². The first-order valence-corrected chi connectivity index (χ1v) is 23.7. The van der Waals surface area contributed by atoms with Crippen LogP contribution in [0.15, 0.2) is 277 Å². The molecule has 12 aromatic rings. The summed E-state index contributed by atoms with van der Waals surface area (Å²) in [5.74, 6) is 0. The summed E-state index contributed by atoms with van der Waals surface area (Å²) in [5, 5.41) is 2.17. The van der Waals surface area contributed by atoms with Gasteiger partial charge in [-0.3, -0.25) is 0 Å². The largest absolute Gasteiger partial charge is 0.456 e. The maximum Gasteiger partial charge on any atom is 0.136 e. The Hall–Kier alpha value is -8.98. The Morgan fingerprint density at radius 3 is 1.59 bits per heavy atom. The summed E-state index contributed by atoms with van der Waals surface area (Å²) < 4.78 is 6.66. The molecule has 69 heavy (non-hydrogen) atoms. The Balaban J connectivity index is 1.09. The predicted octanol–water partition coefficient (Wildman–Crippen LogP) is 18.1. The molecule has 0 fully saturated rings. The summed E-state index contributed by atoms with van der Waals surface area (Å²) in [6.45, 7) is 0. The zero-order chi connectivity index (χ0) is 45.7. The van der Waals surface area contributed by atoms with Gasteiger partial charge in [0.1, 0.15) is 11.2 Å². The first-order valence-electron chi connectivity index (χ1n) is 23.7. The summed E-state index contributed by atoms with van der Waals surface area (Å²) in [6, 6.07) is 99.4. The molecule has 13 rings (SSSR count). The average Bonchev–Trinajstić information content (AvgIpc) is 3.96. The third-order valence-corrected chi connectivity index (χ3v) is 14.2. The van der Waals surface area contributed by atoms with Crippen molar-refractivity contribution >= 4 is 39.0 Å². The van der Waals surface area contributed by atoms with E-state index in [0.29, 0.717) is 0 Å². The van der Waals surface area contributed by atoms with Crippen LogP contribution in [-0.2, 0) is 5.41 Å². The molecule has 1 aromatic heterocycles. The molecule has 0 spiro atoms. The standard InChI is InChI=1S/C67H45NO/c1-5-21-46(22-6-1)49-39-41-58-57-33-15-17-36-61(57)67(62(58)43-49,50-27-11-4-12-28-50)51-29-19-30-52(44-51)68(63-37-18-16-34-59(63)56-32-14-13-31-54(56)47-23-7-2-8-24-47)53-40-42-64-60(45-53)66-55(35-20-38-65(66)69-64)48-25-9-3-10-26-48/h1-45H. The molecular weight excluding hydrogens is 835 g/mol. The molecule has 2 nitrogen and oxygen atoms in total. The number of fused-ring (bicyclic) bond motifs is 6. The van der Waals surface area contributed by atoms with E-state index in [9.17, 15) is 0 Å². The molecule has 1 aliphatic rings. The number of para-hydroxylation sites is 1. The molecule has 1 aliphatic carbocycles. The molecule has 0 radical (unpaired) electrons. The fourth-order valence-corrected chi connectivity index (χ4v) is 11.2. The molecule has 0 N–H and O–H groups in total. The van der Waals surface area contributed by atoms with Crippen LogP contribution in [0, 0.1) is 0 Å². The zero-order valence-electron chi connectivity index (χ0n) is 37.8. The minimum Gasteiger partial charge on any atom is -0.456 e. The quantitative estimate of drug-likeness (QED) is 0.144. The van der Waals surface area contributed by atoms with Crippen molar-refractivity contribution in [3.05, 3.63) is 295 Å². The number of rotatable bonds is 9. The molecule has 324 valence electrons. The second-order valence-corrected chi connectivity index (χ2v) is 17.9. The van der Waals surface area contributed by atoms with Crippen LogP contribution >= 0.6 is 0 Å². The second kappa shape index (κ2) is 16.7. The number of furan rings is 1. The molecule has 0 saturated heterocycles. The van der Waals surface area contributed by atoms with Gasteiger partial charge in [0.05, 0.1) is 11.1 Å². The van der Waals surface area contributed by atoms with E-state index in [4.69, 9.17) is 4.42 Å². The van der Waals surface area contributed by atoms with Gasteiger partial charge in [-0.25, -0.2) is 0 Å². The van der Waals surface area contributed by atoms with Crippen LogP contribution in [0.25, 0.3) is 77.6 Å². The van der Waals surface area contributed by atoms with Gasteiger partial charge in [0.25, 0.3) is 0 Å². The minimum atomic E-state index is -0.631.